The van der Waals surface area contributed by atoms with Gasteiger partial charge in [0.1, 0.15) is 5.75 Å². The summed E-state index contributed by atoms with van der Waals surface area (Å²) in [5, 5.41) is 9.11. The minimum absolute atomic E-state index is 0.300. The van der Waals surface area contributed by atoms with E-state index < -0.39 is 12.6 Å². The van der Waals surface area contributed by atoms with E-state index in [1.807, 2.05) is 17.8 Å². The molecule has 0 aliphatic carbocycles. The number of carboxylic acids is 1. The van der Waals surface area contributed by atoms with Crippen LogP contribution in [-0.4, -0.2) is 27.2 Å². The van der Waals surface area contributed by atoms with Gasteiger partial charge in [0.25, 0.3) is 0 Å². The number of rotatable bonds is 12. The molecule has 0 aliphatic heterocycles. The highest BCUT2D eigenvalue weighted by atomic mass is 35.5. The number of aromatic nitrogens is 2. The van der Waals surface area contributed by atoms with E-state index in [4.69, 9.17) is 33.0 Å². The highest BCUT2D eigenvalue weighted by molar-refractivity contribution is 6.35. The third kappa shape index (κ3) is 26.5. The van der Waals surface area contributed by atoms with Crippen LogP contribution in [0.15, 0.2) is 36.9 Å². The minimum atomic E-state index is -1.05. The van der Waals surface area contributed by atoms with Crippen molar-refractivity contribution in [2.75, 3.05) is 6.61 Å². The molecule has 2 rings (SSSR count). The molecule has 0 radical (unpaired) electrons. The van der Waals surface area contributed by atoms with Gasteiger partial charge in [-0.25, -0.2) is 9.78 Å². The van der Waals surface area contributed by atoms with E-state index in [0.29, 0.717) is 15.8 Å². The van der Waals surface area contributed by atoms with E-state index in [9.17, 15) is 4.79 Å². The quantitative estimate of drug-likeness (QED) is 0.262. The van der Waals surface area contributed by atoms with Gasteiger partial charge in [0, 0.05) is 24.5 Å². The summed E-state index contributed by atoms with van der Waals surface area (Å²) < 4.78 is 6.75. The zero-order valence-electron chi connectivity index (χ0n) is 27.2. The molecule has 0 aliphatic rings. The second-order valence-electron chi connectivity index (χ2n) is 9.76. The van der Waals surface area contributed by atoms with Gasteiger partial charge < -0.3 is 14.4 Å². The second-order valence-corrected chi connectivity index (χ2v) is 10.6. The SMILES string of the molecule is CCC(CC)CC.CCC(CC)CC.CCC(CC)CC.Cn1ccnc1.O=C(O)COc1ccc(Cl)cc1Cl. The average molecular weight is 604 g/mol. The Kier molecular flexibility index (Phi) is 32.3. The van der Waals surface area contributed by atoms with Crippen molar-refractivity contribution in [3.05, 3.63) is 47.0 Å². The molecule has 234 valence electrons. The first-order valence-electron chi connectivity index (χ1n) is 15.2. The summed E-state index contributed by atoms with van der Waals surface area (Å²) >= 11 is 11.3. The van der Waals surface area contributed by atoms with Crippen LogP contribution in [0.3, 0.4) is 0 Å². The summed E-state index contributed by atoms with van der Waals surface area (Å²) in [5.41, 5.74) is 0. The predicted octanol–water partition coefficient (Wildman–Crippen LogP) is 11.4. The summed E-state index contributed by atoms with van der Waals surface area (Å²) in [6.07, 6.45) is 17.6. The summed E-state index contributed by atoms with van der Waals surface area (Å²) in [6, 6.07) is 4.58. The topological polar surface area (TPSA) is 64.4 Å². The van der Waals surface area contributed by atoms with Crippen LogP contribution in [0.4, 0.5) is 0 Å². The third-order valence-electron chi connectivity index (χ3n) is 7.08. The molecule has 0 amide bonds. The van der Waals surface area contributed by atoms with Crippen LogP contribution in [0.2, 0.25) is 10.0 Å². The van der Waals surface area contributed by atoms with Gasteiger partial charge >= 0.3 is 5.97 Å². The molecule has 1 N–H and O–H groups in total. The zero-order valence-corrected chi connectivity index (χ0v) is 28.7. The maximum absolute atomic E-state index is 10.2. The highest BCUT2D eigenvalue weighted by Gasteiger charge is 2.04. The van der Waals surface area contributed by atoms with Crippen molar-refractivity contribution >= 4 is 29.2 Å². The molecule has 40 heavy (non-hydrogen) atoms. The number of hydrogen-bond acceptors (Lipinski definition) is 3. The fourth-order valence-corrected chi connectivity index (χ4v) is 4.12. The standard InChI is InChI=1S/C8H6Cl2O3.3C7H16.C4H6N2/c9-5-1-2-7(6(10)3-5)13-4-8(11)12;3*1-4-7(5-2)6-3;1-6-3-2-5-4-6/h1-3H,4H2,(H,11,12);3*7H,4-6H2,1-3H3;2-4H,1H3. The van der Waals surface area contributed by atoms with E-state index in [2.05, 4.69) is 67.3 Å². The van der Waals surface area contributed by atoms with E-state index in [1.54, 1.807) is 18.6 Å². The largest absolute Gasteiger partial charge is 0.480 e. The summed E-state index contributed by atoms with van der Waals surface area (Å²) in [5.74, 6) is 2.22. The Morgan fingerprint density at radius 3 is 1.40 bits per heavy atom. The monoisotopic (exact) mass is 602 g/mol. The molecular formula is C33H60Cl2N2O3. The van der Waals surface area contributed by atoms with Gasteiger partial charge in [-0.2, -0.15) is 0 Å². The second kappa shape index (κ2) is 30.2. The Hall–Kier alpha value is -1.72. The number of hydrogen-bond donors (Lipinski definition) is 1. The van der Waals surface area contributed by atoms with E-state index in [1.165, 1.54) is 69.9 Å². The maximum atomic E-state index is 10.2. The van der Waals surface area contributed by atoms with Crippen molar-refractivity contribution in [2.24, 2.45) is 24.8 Å². The van der Waals surface area contributed by atoms with E-state index >= 15 is 0 Å². The van der Waals surface area contributed by atoms with Crippen molar-refractivity contribution < 1.29 is 14.6 Å². The molecule has 2 aromatic rings. The number of benzene rings is 1. The minimum Gasteiger partial charge on any atom is -0.480 e. The molecule has 0 atom stereocenters. The molecule has 0 unspecified atom stereocenters. The van der Waals surface area contributed by atoms with Crippen LogP contribution in [0.1, 0.15) is 120 Å². The van der Waals surface area contributed by atoms with Gasteiger partial charge in [-0.1, -0.05) is 143 Å². The van der Waals surface area contributed by atoms with Crippen LogP contribution in [0, 0.1) is 17.8 Å². The molecule has 7 heteroatoms. The molecule has 1 aromatic carbocycles. The molecular weight excluding hydrogens is 543 g/mol. The average Bonchev–Trinajstić information content (AvgIpc) is 3.43. The van der Waals surface area contributed by atoms with Crippen LogP contribution in [-0.2, 0) is 11.8 Å². The molecule has 0 spiro atoms. The first-order chi connectivity index (χ1) is 19.0. The molecule has 1 aromatic heterocycles. The Balaban J connectivity index is -0.000000445. The normalized spacial score (nSPS) is 9.88. The van der Waals surface area contributed by atoms with Crippen LogP contribution >= 0.6 is 23.2 Å². The first kappa shape index (κ1) is 42.7. The number of ether oxygens (including phenoxy) is 1. The Labute approximate surface area is 257 Å². The summed E-state index contributed by atoms with van der Waals surface area (Å²) in [6.45, 7) is 19.9. The third-order valence-corrected chi connectivity index (χ3v) is 7.61. The number of nitrogens with zero attached hydrogens (tertiary/aromatic N) is 2. The van der Waals surface area contributed by atoms with Crippen LogP contribution in [0.25, 0.3) is 0 Å². The number of carboxylic acid groups (broad SMARTS) is 1. The molecule has 0 fully saturated rings. The molecule has 0 bridgehead atoms. The zero-order chi connectivity index (χ0) is 31.3. The van der Waals surface area contributed by atoms with E-state index in [-0.39, 0.29) is 0 Å². The molecule has 0 saturated heterocycles. The Bertz CT molecular complexity index is 744. The Morgan fingerprint density at radius 2 is 1.20 bits per heavy atom. The fourth-order valence-electron chi connectivity index (χ4n) is 3.66. The lowest BCUT2D eigenvalue weighted by molar-refractivity contribution is -0.139. The lowest BCUT2D eigenvalue weighted by Gasteiger charge is -2.05. The number of halogens is 2. The highest BCUT2D eigenvalue weighted by Crippen LogP contribution is 2.27. The number of imidazole rings is 1. The van der Waals surface area contributed by atoms with Crippen molar-refractivity contribution in [3.63, 3.8) is 0 Å². The first-order valence-corrected chi connectivity index (χ1v) is 16.0. The molecule has 5 nitrogen and oxygen atoms in total. The smallest absolute Gasteiger partial charge is 0.341 e. The van der Waals surface area contributed by atoms with Crippen LogP contribution < -0.4 is 4.74 Å². The van der Waals surface area contributed by atoms with Gasteiger partial charge in [0.05, 0.1) is 11.3 Å². The van der Waals surface area contributed by atoms with Gasteiger partial charge in [-0.05, 0) is 36.0 Å². The maximum Gasteiger partial charge on any atom is 0.341 e. The van der Waals surface area contributed by atoms with Crippen LogP contribution in [0.5, 0.6) is 5.75 Å². The number of aliphatic carboxylic acids is 1. The van der Waals surface area contributed by atoms with Gasteiger partial charge in [-0.3, -0.25) is 0 Å². The molecule has 0 saturated carbocycles. The van der Waals surface area contributed by atoms with E-state index in [0.717, 1.165) is 17.8 Å². The summed E-state index contributed by atoms with van der Waals surface area (Å²) in [4.78, 5) is 13.9. The van der Waals surface area contributed by atoms with Crippen molar-refractivity contribution in [3.8, 4) is 5.75 Å². The van der Waals surface area contributed by atoms with Crippen molar-refractivity contribution in [2.45, 2.75) is 120 Å². The lowest BCUT2D eigenvalue weighted by atomic mass is 10.0. The van der Waals surface area contributed by atoms with Gasteiger partial charge in [-0.15, -0.1) is 0 Å². The van der Waals surface area contributed by atoms with Gasteiger partial charge in [0.2, 0.25) is 0 Å². The molecule has 1 heterocycles. The number of aryl methyl sites for hydroxylation is 1. The van der Waals surface area contributed by atoms with Crippen molar-refractivity contribution in [1.29, 1.82) is 0 Å². The van der Waals surface area contributed by atoms with Gasteiger partial charge in [0.15, 0.2) is 6.61 Å². The van der Waals surface area contributed by atoms with Crippen molar-refractivity contribution in [1.82, 2.24) is 9.55 Å². The fraction of sp³-hybridized carbons (Fsp3) is 0.697. The number of carbonyl (C=O) groups is 1. The lowest BCUT2D eigenvalue weighted by Crippen LogP contribution is -2.09. The summed E-state index contributed by atoms with van der Waals surface area (Å²) in [7, 11) is 1.94. The Morgan fingerprint density at radius 1 is 0.800 bits per heavy atom. The predicted molar refractivity (Wildman–Crippen MR) is 176 cm³/mol.